The molecule has 0 radical (unpaired) electrons. The van der Waals surface area contributed by atoms with Gasteiger partial charge in [-0.1, -0.05) is 23.7 Å². The number of carboxylic acids is 1. The van der Waals surface area contributed by atoms with Gasteiger partial charge in [-0.05, 0) is 36.2 Å². The van der Waals surface area contributed by atoms with E-state index < -0.39 is 29.6 Å². The minimum atomic E-state index is -0.972. The number of carbonyl (C=O) groups excluding carboxylic acids is 2. The molecule has 2 saturated heterocycles. The molecular weight excluding hydrogens is 722 g/mol. The number of amidine groups is 1. The minimum absolute atomic E-state index is 0. The van der Waals surface area contributed by atoms with Crippen LogP contribution in [0.3, 0.4) is 0 Å². The molecule has 2 fully saturated rings. The lowest BCUT2D eigenvalue weighted by Crippen LogP contribution is -2.53. The third kappa shape index (κ3) is 7.17. The van der Waals surface area contributed by atoms with Gasteiger partial charge >= 0.3 is 18.0 Å². The van der Waals surface area contributed by atoms with Crippen LogP contribution in [-0.2, 0) is 20.7 Å². The third-order valence-electron chi connectivity index (χ3n) is 8.17. The number of hydrogen-bond donors (Lipinski definition) is 2. The zero-order valence-corrected chi connectivity index (χ0v) is 28.3. The van der Waals surface area contributed by atoms with E-state index in [1.54, 1.807) is 22.5 Å². The number of methoxy groups -OCH3 is 1. The quantitative estimate of drug-likeness (QED) is 0.299. The fourth-order valence-electron chi connectivity index (χ4n) is 5.98. The van der Waals surface area contributed by atoms with E-state index in [4.69, 9.17) is 26.4 Å². The maximum absolute atomic E-state index is 15.1. The van der Waals surface area contributed by atoms with Gasteiger partial charge in [0.25, 0.3) is 0 Å². The van der Waals surface area contributed by atoms with Crippen LogP contribution < -0.4 is 10.2 Å². The van der Waals surface area contributed by atoms with Crippen LogP contribution in [0.1, 0.15) is 28.6 Å². The molecule has 0 saturated carbocycles. The molecule has 16 heteroatoms. The second-order valence-corrected chi connectivity index (χ2v) is 12.3. The summed E-state index contributed by atoms with van der Waals surface area (Å²) in [6.07, 6.45) is 1.70. The van der Waals surface area contributed by atoms with Gasteiger partial charge < -0.3 is 20.1 Å². The summed E-state index contributed by atoms with van der Waals surface area (Å²) in [5.74, 6) is -2.29. The van der Waals surface area contributed by atoms with E-state index in [-0.39, 0.29) is 71.3 Å². The number of rotatable bonds is 9. The lowest BCUT2D eigenvalue weighted by molar-refractivity contribution is -0.137. The van der Waals surface area contributed by atoms with Crippen LogP contribution >= 0.6 is 39.9 Å². The molecule has 47 heavy (non-hydrogen) atoms. The van der Waals surface area contributed by atoms with Crippen molar-refractivity contribution in [1.29, 1.82) is 0 Å². The number of amides is 2. The number of thiazole rings is 1. The van der Waals surface area contributed by atoms with Crippen molar-refractivity contribution in [2.75, 3.05) is 44.7 Å². The normalized spacial score (nSPS) is 19.6. The Kier molecular flexibility index (Phi) is 10.6. The number of urea groups is 1. The van der Waals surface area contributed by atoms with Crippen molar-refractivity contribution in [3.8, 4) is 0 Å². The van der Waals surface area contributed by atoms with Crippen LogP contribution in [0.2, 0.25) is 5.02 Å². The Morgan fingerprint density at radius 1 is 1.17 bits per heavy atom. The summed E-state index contributed by atoms with van der Waals surface area (Å²) in [4.78, 5) is 51.9. The second kappa shape index (κ2) is 14.5. The summed E-state index contributed by atoms with van der Waals surface area (Å²) in [6, 6.07) is 6.87. The number of ether oxygens (including phenoxy) is 1. The Morgan fingerprint density at radius 3 is 2.66 bits per heavy atom. The highest BCUT2D eigenvalue weighted by Gasteiger charge is 2.43. The topological polar surface area (TPSA) is 128 Å². The van der Waals surface area contributed by atoms with Crippen LogP contribution in [0.5, 0.6) is 0 Å². The number of carboxylic acid groups (broad SMARTS) is 1. The molecule has 1 aromatic heterocycles. The Bertz CT molecular complexity index is 1760. The molecule has 2 unspecified atom stereocenters. The lowest BCUT2D eigenvalue weighted by atomic mass is 9.95. The lowest BCUT2D eigenvalue weighted by Gasteiger charge is -2.38. The van der Waals surface area contributed by atoms with Gasteiger partial charge in [-0.15, -0.1) is 28.3 Å². The van der Waals surface area contributed by atoms with Crippen LogP contribution in [0, 0.1) is 11.6 Å². The largest absolute Gasteiger partial charge is 0.481 e. The fraction of sp³-hybridized carbons (Fsp3) is 0.323. The molecule has 2 atom stereocenters. The predicted molar refractivity (Wildman–Crippen MR) is 177 cm³/mol. The highest BCUT2D eigenvalue weighted by atomic mass is 79.9. The third-order valence-corrected chi connectivity index (χ3v) is 9.28. The first kappa shape index (κ1) is 34.4. The average molecular weight is 752 g/mol. The van der Waals surface area contributed by atoms with Crippen LogP contribution in [0.15, 0.2) is 64.2 Å². The van der Waals surface area contributed by atoms with Crippen molar-refractivity contribution in [1.82, 2.24) is 20.1 Å². The number of fused-ring (bicyclic) bond motifs is 1. The smallest absolute Gasteiger partial charge is 0.338 e. The fourth-order valence-corrected chi connectivity index (χ4v) is 6.84. The van der Waals surface area contributed by atoms with E-state index in [0.717, 1.165) is 0 Å². The van der Waals surface area contributed by atoms with Crippen LogP contribution in [0.4, 0.5) is 19.3 Å². The van der Waals surface area contributed by atoms with Gasteiger partial charge in [-0.3, -0.25) is 19.6 Å². The number of anilines is 1. The first-order valence-corrected chi connectivity index (χ1v) is 15.7. The van der Waals surface area contributed by atoms with Gasteiger partial charge in [0.1, 0.15) is 17.7 Å². The number of aliphatic imine (C=N–C) groups is 1. The number of nitrogens with zero attached hydrogens (tertiary/aromatic N) is 5. The molecule has 3 aliphatic heterocycles. The summed E-state index contributed by atoms with van der Waals surface area (Å²) in [7, 11) is 1.27. The highest BCUT2D eigenvalue weighted by Crippen LogP contribution is 2.37. The number of carbonyl (C=O) groups is 3. The summed E-state index contributed by atoms with van der Waals surface area (Å²) in [5.41, 5.74) is 1.82. The molecule has 0 aliphatic carbocycles. The molecular formula is C31H30BrClF2N6O5S. The predicted octanol–water partition coefficient (Wildman–Crippen LogP) is 4.81. The molecule has 2 N–H and O–H groups in total. The van der Waals surface area contributed by atoms with Gasteiger partial charge in [0.05, 0.1) is 24.4 Å². The minimum Gasteiger partial charge on any atom is -0.481 e. The second-order valence-electron chi connectivity index (χ2n) is 11.0. The van der Waals surface area contributed by atoms with Crippen molar-refractivity contribution in [2.45, 2.75) is 24.9 Å². The monoisotopic (exact) mass is 750 g/mol. The van der Waals surface area contributed by atoms with Crippen molar-refractivity contribution in [3.63, 3.8) is 0 Å². The molecule has 2 amide bonds. The number of aryl methyl sites for hydroxylation is 1. The summed E-state index contributed by atoms with van der Waals surface area (Å²) in [5, 5.41) is 14.7. The Hall–Kier alpha value is -3.92. The molecule has 3 aliphatic rings. The molecule has 0 bridgehead atoms. The van der Waals surface area contributed by atoms with E-state index >= 15 is 4.39 Å². The molecule has 6 rings (SSSR count). The molecule has 2 aromatic carbocycles. The number of halogens is 4. The zero-order chi connectivity index (χ0) is 32.5. The Morgan fingerprint density at radius 2 is 1.98 bits per heavy atom. The van der Waals surface area contributed by atoms with Gasteiger partial charge in [-0.25, -0.2) is 23.4 Å². The number of piperazine rings is 1. The van der Waals surface area contributed by atoms with E-state index in [1.165, 1.54) is 53.7 Å². The molecule has 248 valence electrons. The molecule has 4 heterocycles. The molecule has 3 aromatic rings. The van der Waals surface area contributed by atoms with Crippen molar-refractivity contribution in [2.24, 2.45) is 4.99 Å². The highest BCUT2D eigenvalue weighted by molar-refractivity contribution is 8.93. The van der Waals surface area contributed by atoms with E-state index in [9.17, 15) is 18.8 Å². The number of hydrogen-bond acceptors (Lipinski definition) is 9. The average Bonchev–Trinajstić information content (AvgIpc) is 3.68. The van der Waals surface area contributed by atoms with Crippen LogP contribution in [-0.4, -0.2) is 89.6 Å². The number of aliphatic carboxylic acids is 1. The number of aromatic nitrogens is 1. The van der Waals surface area contributed by atoms with Crippen molar-refractivity contribution >= 4 is 69.4 Å². The Balaban J connectivity index is 0.00000433. The van der Waals surface area contributed by atoms with Gasteiger partial charge in [0, 0.05) is 67.0 Å². The van der Waals surface area contributed by atoms with Crippen molar-refractivity contribution in [3.05, 3.63) is 92.0 Å². The van der Waals surface area contributed by atoms with E-state index in [0.29, 0.717) is 47.3 Å². The number of nitrogens with one attached hydrogen (secondary N) is 1. The maximum atomic E-state index is 15.1. The summed E-state index contributed by atoms with van der Waals surface area (Å²) >= 11 is 7.81. The Labute approximate surface area is 288 Å². The first-order chi connectivity index (χ1) is 22.1. The number of esters is 1. The first-order valence-electron chi connectivity index (χ1n) is 14.4. The summed E-state index contributed by atoms with van der Waals surface area (Å²) < 4.78 is 34.3. The van der Waals surface area contributed by atoms with E-state index in [2.05, 4.69) is 15.2 Å². The van der Waals surface area contributed by atoms with Gasteiger partial charge in [0.2, 0.25) is 0 Å². The standard InChI is InChI=1S/C31H29ClF2N6O5S.BrH/c1-45-30(43)26-23(36-28(29-35-8-11-46-29)37-27(26)20-5-4-18(33)13-21(20)32)16-38-9-10-39-19(14-38)15-40(31(39)44)24-6-2-17(12-22(24)34)3-7-25(41)42;/h2,4-6,8,11-13,19,27H,3,7,9-10,14-16H2,1H3,(H,36,37)(H,41,42);1H. The van der Waals surface area contributed by atoms with Gasteiger partial charge in [-0.2, -0.15) is 0 Å². The maximum Gasteiger partial charge on any atom is 0.338 e. The number of benzene rings is 2. The zero-order valence-electron chi connectivity index (χ0n) is 25.0. The summed E-state index contributed by atoms with van der Waals surface area (Å²) in [6.45, 7) is 1.79. The van der Waals surface area contributed by atoms with Crippen molar-refractivity contribution < 1.29 is 33.0 Å². The van der Waals surface area contributed by atoms with E-state index in [1.807, 2.05) is 0 Å². The SMILES string of the molecule is Br.COC(=O)C1=C(CN2CCN3C(=O)N(c4ccc(CCC(=O)O)cc4F)CC3C2)NC(c2nccs2)=NC1c1ccc(F)cc1Cl. The molecule has 0 spiro atoms. The van der Waals surface area contributed by atoms with Crippen LogP contribution in [0.25, 0.3) is 0 Å². The van der Waals surface area contributed by atoms with Gasteiger partial charge in [0.15, 0.2) is 10.8 Å². The molecule has 11 nitrogen and oxygen atoms in total.